The molecule has 0 amide bonds. The van der Waals surface area contributed by atoms with Gasteiger partial charge in [-0.15, -0.1) is 0 Å². The molecule has 1 aliphatic rings. The summed E-state index contributed by atoms with van der Waals surface area (Å²) < 4.78 is 13.7. The van der Waals surface area contributed by atoms with Crippen LogP contribution in [0.25, 0.3) is 0 Å². The van der Waals surface area contributed by atoms with Gasteiger partial charge in [-0.3, -0.25) is 0 Å². The molecular weight excluding hydrogens is 235 g/mol. The molecule has 0 spiro atoms. The fourth-order valence-corrected chi connectivity index (χ4v) is 2.13. The number of hydrogen-bond donors (Lipinski definition) is 2. The molecule has 0 radical (unpaired) electrons. The van der Waals surface area contributed by atoms with E-state index in [1.807, 2.05) is 0 Å². The van der Waals surface area contributed by atoms with Crippen LogP contribution in [0.5, 0.6) is 0 Å². The Hall–Kier alpha value is -1.16. The minimum Gasteiger partial charge on any atom is -0.389 e. The zero-order valence-electron chi connectivity index (χ0n) is 9.71. The minimum absolute atomic E-state index is 0.227. The van der Waals surface area contributed by atoms with E-state index >= 15 is 0 Å². The van der Waals surface area contributed by atoms with Gasteiger partial charge in [-0.1, -0.05) is 31.5 Å². The molecule has 0 aliphatic heterocycles. The van der Waals surface area contributed by atoms with Crippen molar-refractivity contribution in [2.24, 2.45) is 11.7 Å². The van der Waals surface area contributed by atoms with Crippen LogP contribution in [0, 0.1) is 11.7 Å². The number of halogens is 1. The van der Waals surface area contributed by atoms with Crippen molar-refractivity contribution < 1.29 is 4.39 Å². The molecule has 0 aromatic heterocycles. The average molecular weight is 252 g/mol. The normalized spacial score (nSPS) is 15.4. The summed E-state index contributed by atoms with van der Waals surface area (Å²) in [5.74, 6) is 0.547. The van der Waals surface area contributed by atoms with E-state index in [2.05, 4.69) is 5.32 Å². The van der Waals surface area contributed by atoms with Crippen LogP contribution in [-0.2, 0) is 0 Å². The summed E-state index contributed by atoms with van der Waals surface area (Å²) >= 11 is 4.80. The summed E-state index contributed by atoms with van der Waals surface area (Å²) in [6.07, 6.45) is 5.12. The van der Waals surface area contributed by atoms with E-state index in [0.717, 1.165) is 18.9 Å². The first-order valence-corrected chi connectivity index (χ1v) is 6.41. The number of rotatable bonds is 5. The first kappa shape index (κ1) is 12.3. The van der Waals surface area contributed by atoms with Crippen LogP contribution in [0.4, 0.5) is 10.1 Å². The molecule has 1 saturated carbocycles. The summed E-state index contributed by atoms with van der Waals surface area (Å²) in [4.78, 5) is 0.227. The Morgan fingerprint density at radius 2 is 2.24 bits per heavy atom. The molecule has 4 heteroatoms. The van der Waals surface area contributed by atoms with Crippen LogP contribution in [-0.4, -0.2) is 11.5 Å². The number of nitrogens with one attached hydrogen (secondary N) is 1. The van der Waals surface area contributed by atoms with Crippen molar-refractivity contribution in [2.45, 2.75) is 25.7 Å². The number of anilines is 1. The Morgan fingerprint density at radius 3 is 2.76 bits per heavy atom. The van der Waals surface area contributed by atoms with E-state index in [9.17, 15) is 4.39 Å². The fourth-order valence-electron chi connectivity index (χ4n) is 2.00. The Kier molecular flexibility index (Phi) is 3.94. The SMILES string of the molecule is NC(=S)c1ccc(NCCC2CCC2)c(F)c1. The number of nitrogens with two attached hydrogens (primary N) is 1. The summed E-state index contributed by atoms with van der Waals surface area (Å²) in [6, 6.07) is 4.83. The summed E-state index contributed by atoms with van der Waals surface area (Å²) in [5, 5.41) is 3.12. The topological polar surface area (TPSA) is 38.0 Å². The zero-order valence-corrected chi connectivity index (χ0v) is 10.5. The van der Waals surface area contributed by atoms with E-state index in [-0.39, 0.29) is 10.8 Å². The van der Waals surface area contributed by atoms with E-state index in [4.69, 9.17) is 18.0 Å². The molecule has 3 N–H and O–H groups in total. The maximum atomic E-state index is 13.7. The highest BCUT2D eigenvalue weighted by molar-refractivity contribution is 7.80. The highest BCUT2D eigenvalue weighted by atomic mass is 32.1. The van der Waals surface area contributed by atoms with Crippen LogP contribution in [0.15, 0.2) is 18.2 Å². The van der Waals surface area contributed by atoms with Crippen molar-refractivity contribution >= 4 is 22.9 Å². The summed E-state index contributed by atoms with van der Waals surface area (Å²) in [6.45, 7) is 0.827. The second kappa shape index (κ2) is 5.45. The molecule has 1 aromatic carbocycles. The first-order chi connectivity index (χ1) is 8.16. The largest absolute Gasteiger partial charge is 0.389 e. The van der Waals surface area contributed by atoms with Gasteiger partial charge in [0, 0.05) is 12.1 Å². The monoisotopic (exact) mass is 252 g/mol. The number of thiocarbonyl (C=S) groups is 1. The Balaban J connectivity index is 1.89. The van der Waals surface area contributed by atoms with Crippen LogP contribution in [0.1, 0.15) is 31.2 Å². The van der Waals surface area contributed by atoms with Gasteiger partial charge in [0.25, 0.3) is 0 Å². The predicted molar refractivity (Wildman–Crippen MR) is 72.7 cm³/mol. The Bertz CT molecular complexity index is 416. The molecule has 1 aliphatic carbocycles. The summed E-state index contributed by atoms with van der Waals surface area (Å²) in [7, 11) is 0. The molecule has 0 saturated heterocycles. The van der Waals surface area contributed by atoms with E-state index in [1.165, 1.54) is 25.3 Å². The van der Waals surface area contributed by atoms with Gasteiger partial charge in [-0.05, 0) is 30.5 Å². The quantitative estimate of drug-likeness (QED) is 0.791. The lowest BCUT2D eigenvalue weighted by molar-refractivity contribution is 0.303. The lowest BCUT2D eigenvalue weighted by Crippen LogP contribution is -2.16. The molecule has 0 unspecified atom stereocenters. The Morgan fingerprint density at radius 1 is 1.47 bits per heavy atom. The van der Waals surface area contributed by atoms with Gasteiger partial charge in [0.1, 0.15) is 10.8 Å². The van der Waals surface area contributed by atoms with Crippen LogP contribution < -0.4 is 11.1 Å². The van der Waals surface area contributed by atoms with E-state index in [1.54, 1.807) is 12.1 Å². The maximum absolute atomic E-state index is 13.7. The number of hydrogen-bond acceptors (Lipinski definition) is 2. The van der Waals surface area contributed by atoms with Gasteiger partial charge in [0.15, 0.2) is 0 Å². The van der Waals surface area contributed by atoms with Gasteiger partial charge < -0.3 is 11.1 Å². The fraction of sp³-hybridized carbons (Fsp3) is 0.462. The molecule has 0 heterocycles. The van der Waals surface area contributed by atoms with Crippen molar-refractivity contribution in [3.8, 4) is 0 Å². The molecule has 17 heavy (non-hydrogen) atoms. The predicted octanol–water partition coefficient (Wildman–Crippen LogP) is 3.06. The third-order valence-electron chi connectivity index (χ3n) is 3.35. The maximum Gasteiger partial charge on any atom is 0.146 e. The lowest BCUT2D eigenvalue weighted by Gasteiger charge is -2.25. The smallest absolute Gasteiger partial charge is 0.146 e. The van der Waals surface area contributed by atoms with Gasteiger partial charge in [-0.25, -0.2) is 4.39 Å². The Labute approximate surface area is 106 Å². The van der Waals surface area contributed by atoms with Crippen LogP contribution in [0.3, 0.4) is 0 Å². The highest BCUT2D eigenvalue weighted by Gasteiger charge is 2.16. The second-order valence-electron chi connectivity index (χ2n) is 4.57. The molecule has 2 nitrogen and oxygen atoms in total. The molecule has 0 atom stereocenters. The van der Waals surface area contributed by atoms with Crippen molar-refractivity contribution in [2.75, 3.05) is 11.9 Å². The minimum atomic E-state index is -0.288. The first-order valence-electron chi connectivity index (χ1n) is 6.00. The lowest BCUT2D eigenvalue weighted by atomic mass is 9.83. The molecule has 92 valence electrons. The highest BCUT2D eigenvalue weighted by Crippen LogP contribution is 2.29. The average Bonchev–Trinajstić information content (AvgIpc) is 2.23. The zero-order chi connectivity index (χ0) is 12.3. The van der Waals surface area contributed by atoms with Crippen molar-refractivity contribution in [1.29, 1.82) is 0 Å². The van der Waals surface area contributed by atoms with Crippen LogP contribution >= 0.6 is 12.2 Å². The molecule has 2 rings (SSSR count). The van der Waals surface area contributed by atoms with Gasteiger partial charge in [-0.2, -0.15) is 0 Å². The van der Waals surface area contributed by atoms with Gasteiger partial charge in [0.2, 0.25) is 0 Å². The standard InChI is InChI=1S/C13H17FN2S/c14-11-8-10(13(15)17)4-5-12(11)16-7-6-9-2-1-3-9/h4-5,8-9,16H,1-3,6-7H2,(H2,15,17). The van der Waals surface area contributed by atoms with Crippen molar-refractivity contribution in [3.05, 3.63) is 29.6 Å². The van der Waals surface area contributed by atoms with Crippen LogP contribution in [0.2, 0.25) is 0 Å². The summed E-state index contributed by atoms with van der Waals surface area (Å²) in [5.41, 5.74) is 6.55. The molecule has 1 aromatic rings. The molecule has 1 fully saturated rings. The van der Waals surface area contributed by atoms with Gasteiger partial charge >= 0.3 is 0 Å². The van der Waals surface area contributed by atoms with Crippen molar-refractivity contribution in [3.63, 3.8) is 0 Å². The van der Waals surface area contributed by atoms with E-state index < -0.39 is 0 Å². The van der Waals surface area contributed by atoms with E-state index in [0.29, 0.717) is 11.3 Å². The third-order valence-corrected chi connectivity index (χ3v) is 3.58. The third kappa shape index (κ3) is 3.16. The van der Waals surface area contributed by atoms with Gasteiger partial charge in [0.05, 0.1) is 5.69 Å². The number of benzene rings is 1. The second-order valence-corrected chi connectivity index (χ2v) is 5.01. The molecule has 0 bridgehead atoms. The van der Waals surface area contributed by atoms with Crippen molar-refractivity contribution in [1.82, 2.24) is 0 Å². The molecular formula is C13H17FN2S.